The summed E-state index contributed by atoms with van der Waals surface area (Å²) < 4.78 is 0. The number of hydrazine groups is 1. The molecule has 0 spiro atoms. The second-order valence-corrected chi connectivity index (χ2v) is 4.64. The van der Waals surface area contributed by atoms with Crippen LogP contribution in [-0.4, -0.2) is 11.1 Å². The number of nitrogens with zero attached hydrogens (tertiary/aromatic N) is 1. The van der Waals surface area contributed by atoms with Gasteiger partial charge in [-0.05, 0) is 16.3 Å². The van der Waals surface area contributed by atoms with Crippen molar-refractivity contribution in [1.82, 2.24) is 10.6 Å². The van der Waals surface area contributed by atoms with Gasteiger partial charge in [0.2, 0.25) is 5.54 Å². The molecule has 1 heterocycles. The summed E-state index contributed by atoms with van der Waals surface area (Å²) in [6.45, 7) is 0. The Morgan fingerprint density at radius 1 is 1.00 bits per heavy atom. The highest BCUT2D eigenvalue weighted by Gasteiger charge is 2.49. The molecule has 1 aliphatic heterocycles. The molecule has 3 rings (SSSR count). The summed E-state index contributed by atoms with van der Waals surface area (Å²) in [5.74, 6) is -0.531. The number of primary amides is 1. The molecule has 0 unspecified atom stereocenters. The van der Waals surface area contributed by atoms with E-state index in [9.17, 15) is 4.79 Å². The van der Waals surface area contributed by atoms with Gasteiger partial charge in [-0.1, -0.05) is 60.7 Å². The van der Waals surface area contributed by atoms with Crippen molar-refractivity contribution in [2.24, 2.45) is 5.73 Å². The second kappa shape index (κ2) is 5.30. The maximum atomic E-state index is 12.4. The van der Waals surface area contributed by atoms with Gasteiger partial charge in [-0.25, -0.2) is 0 Å². The van der Waals surface area contributed by atoms with Crippen molar-refractivity contribution in [1.29, 1.82) is 0 Å². The maximum Gasteiger partial charge on any atom is 0.252 e. The van der Waals surface area contributed by atoms with Crippen LogP contribution in [0.2, 0.25) is 0 Å². The van der Waals surface area contributed by atoms with Crippen LogP contribution in [0.5, 0.6) is 0 Å². The summed E-state index contributed by atoms with van der Waals surface area (Å²) in [6.07, 6.45) is 3.06. The number of hydrogen-bond acceptors (Lipinski definition) is 4. The van der Waals surface area contributed by atoms with E-state index in [0.29, 0.717) is 0 Å². The molecule has 0 fully saturated rings. The molecule has 5 nitrogen and oxygen atoms in total. The van der Waals surface area contributed by atoms with E-state index in [1.807, 2.05) is 60.7 Å². The molecular formula is C16H15N3O2. The Hall–Kier alpha value is -2.79. The summed E-state index contributed by atoms with van der Waals surface area (Å²) in [6, 6.07) is 18.6. The Morgan fingerprint density at radius 3 is 1.90 bits per heavy atom. The molecule has 3 N–H and O–H groups in total. The average Bonchev–Trinajstić information content (AvgIpc) is 3.04. The summed E-state index contributed by atoms with van der Waals surface area (Å²) in [5, 5.41) is 1.36. The maximum absolute atomic E-state index is 12.4. The topological polar surface area (TPSA) is 67.6 Å². The first-order valence-corrected chi connectivity index (χ1v) is 6.55. The summed E-state index contributed by atoms with van der Waals surface area (Å²) in [4.78, 5) is 17.9. The normalized spacial score (nSPS) is 14.5. The second-order valence-electron chi connectivity index (χ2n) is 4.64. The van der Waals surface area contributed by atoms with Gasteiger partial charge in [0.05, 0.1) is 6.20 Å². The number of carbonyl (C=O) groups excluding carboxylic acids is 1. The molecule has 5 heteroatoms. The van der Waals surface area contributed by atoms with Crippen LogP contribution >= 0.6 is 0 Å². The number of benzene rings is 2. The lowest BCUT2D eigenvalue weighted by Crippen LogP contribution is -2.57. The Bertz CT molecular complexity index is 608. The third-order valence-corrected chi connectivity index (χ3v) is 3.47. The number of hydrogen-bond donors (Lipinski definition) is 2. The molecule has 1 aliphatic rings. The molecule has 1 amide bonds. The SMILES string of the molecule is NC(=O)C(c1ccccc1)(c1ccccc1)N1NC=CO1. The van der Waals surface area contributed by atoms with Gasteiger partial charge < -0.3 is 10.6 Å². The smallest absolute Gasteiger partial charge is 0.252 e. The summed E-state index contributed by atoms with van der Waals surface area (Å²) in [5.41, 5.74) is 8.88. The van der Waals surface area contributed by atoms with E-state index in [4.69, 9.17) is 10.6 Å². The van der Waals surface area contributed by atoms with Crippen LogP contribution in [-0.2, 0) is 15.2 Å². The van der Waals surface area contributed by atoms with E-state index in [2.05, 4.69) is 5.43 Å². The quantitative estimate of drug-likeness (QED) is 0.894. The monoisotopic (exact) mass is 281 g/mol. The molecule has 21 heavy (non-hydrogen) atoms. The lowest BCUT2D eigenvalue weighted by atomic mass is 9.82. The zero-order valence-electron chi connectivity index (χ0n) is 11.3. The average molecular weight is 281 g/mol. The number of amides is 1. The number of nitrogens with two attached hydrogens (primary N) is 1. The minimum Gasteiger partial charge on any atom is -0.391 e. The first-order valence-electron chi connectivity index (χ1n) is 6.55. The molecule has 2 aromatic carbocycles. The van der Waals surface area contributed by atoms with Crippen LogP contribution in [0.15, 0.2) is 73.1 Å². The highest BCUT2D eigenvalue weighted by molar-refractivity contribution is 5.90. The van der Waals surface area contributed by atoms with E-state index < -0.39 is 11.4 Å². The molecular weight excluding hydrogens is 266 g/mol. The van der Waals surface area contributed by atoms with Crippen molar-refractivity contribution in [2.75, 3.05) is 0 Å². The molecule has 0 aromatic heterocycles. The molecule has 106 valence electrons. The van der Waals surface area contributed by atoms with Gasteiger partial charge in [-0.3, -0.25) is 10.2 Å². The Balaban J connectivity index is 2.24. The summed E-state index contributed by atoms with van der Waals surface area (Å²) in [7, 11) is 0. The number of carbonyl (C=O) groups is 1. The van der Waals surface area contributed by atoms with Crippen LogP contribution in [0, 0.1) is 0 Å². The zero-order valence-corrected chi connectivity index (χ0v) is 11.3. The van der Waals surface area contributed by atoms with Crippen LogP contribution < -0.4 is 11.2 Å². The number of nitrogens with one attached hydrogen (secondary N) is 1. The fourth-order valence-corrected chi connectivity index (χ4v) is 2.54. The molecule has 0 bridgehead atoms. The van der Waals surface area contributed by atoms with E-state index in [1.165, 1.54) is 11.4 Å². The third kappa shape index (κ3) is 2.04. The van der Waals surface area contributed by atoms with E-state index in [1.54, 1.807) is 6.20 Å². The predicted molar refractivity (Wildman–Crippen MR) is 78.1 cm³/mol. The van der Waals surface area contributed by atoms with Gasteiger partial charge in [0, 0.05) is 0 Å². The van der Waals surface area contributed by atoms with Gasteiger partial charge in [-0.15, -0.1) is 0 Å². The van der Waals surface area contributed by atoms with E-state index in [-0.39, 0.29) is 0 Å². The number of hydroxylamine groups is 1. The lowest BCUT2D eigenvalue weighted by Gasteiger charge is -2.37. The third-order valence-electron chi connectivity index (χ3n) is 3.47. The largest absolute Gasteiger partial charge is 0.391 e. The Morgan fingerprint density at radius 2 is 1.52 bits per heavy atom. The first-order chi connectivity index (χ1) is 10.3. The van der Waals surface area contributed by atoms with Gasteiger partial charge in [-0.2, -0.15) is 0 Å². The van der Waals surface area contributed by atoms with Crippen molar-refractivity contribution in [2.45, 2.75) is 5.54 Å². The number of rotatable bonds is 4. The molecule has 0 saturated heterocycles. The highest BCUT2D eigenvalue weighted by atomic mass is 16.7. The molecule has 0 atom stereocenters. The van der Waals surface area contributed by atoms with Crippen molar-refractivity contribution < 1.29 is 9.63 Å². The fraction of sp³-hybridized carbons (Fsp3) is 0.0625. The van der Waals surface area contributed by atoms with Gasteiger partial charge >= 0.3 is 0 Å². The Kier molecular flexibility index (Phi) is 3.33. The highest BCUT2D eigenvalue weighted by Crippen LogP contribution is 2.36. The Labute approximate surface area is 122 Å². The molecule has 0 saturated carbocycles. The minimum atomic E-state index is -1.26. The minimum absolute atomic E-state index is 0.531. The lowest BCUT2D eigenvalue weighted by molar-refractivity contribution is -0.188. The standard InChI is InChI=1S/C16H15N3O2/c17-15(20)16(19-18-11-12-21-19,13-7-3-1-4-8-13)14-9-5-2-6-10-14/h1-12,18H,(H2,17,20). The van der Waals surface area contributed by atoms with Crippen molar-refractivity contribution in [3.63, 3.8) is 0 Å². The van der Waals surface area contributed by atoms with Crippen LogP contribution in [0.1, 0.15) is 11.1 Å². The summed E-state index contributed by atoms with van der Waals surface area (Å²) >= 11 is 0. The van der Waals surface area contributed by atoms with Crippen molar-refractivity contribution in [3.8, 4) is 0 Å². The van der Waals surface area contributed by atoms with Crippen molar-refractivity contribution in [3.05, 3.63) is 84.3 Å². The van der Waals surface area contributed by atoms with E-state index >= 15 is 0 Å². The first kappa shape index (κ1) is 13.2. The zero-order chi connectivity index (χ0) is 14.7. The molecule has 2 aromatic rings. The van der Waals surface area contributed by atoms with Gasteiger partial charge in [0.15, 0.2) is 0 Å². The van der Waals surface area contributed by atoms with Gasteiger partial charge in [0.25, 0.3) is 5.91 Å². The predicted octanol–water partition coefficient (Wildman–Crippen LogP) is 1.64. The molecule has 0 radical (unpaired) electrons. The van der Waals surface area contributed by atoms with Crippen molar-refractivity contribution >= 4 is 5.91 Å². The fourth-order valence-electron chi connectivity index (χ4n) is 2.54. The van der Waals surface area contributed by atoms with E-state index in [0.717, 1.165) is 11.1 Å². The van der Waals surface area contributed by atoms with Gasteiger partial charge in [0.1, 0.15) is 6.26 Å². The van der Waals surface area contributed by atoms with Crippen LogP contribution in [0.4, 0.5) is 0 Å². The van der Waals surface area contributed by atoms with Crippen LogP contribution in [0.25, 0.3) is 0 Å². The van der Waals surface area contributed by atoms with Crippen LogP contribution in [0.3, 0.4) is 0 Å². The molecule has 0 aliphatic carbocycles.